The Morgan fingerprint density at radius 3 is 2.56 bits per heavy atom. The number of hydrogen-bond acceptors (Lipinski definition) is 4. The molecule has 1 rings (SSSR count). The van der Waals surface area contributed by atoms with Crippen LogP contribution in [0.4, 0.5) is 0 Å². The van der Waals surface area contributed by atoms with Crippen LogP contribution in [-0.2, 0) is 9.53 Å². The monoisotopic (exact) mass is 257 g/mol. The first-order valence-corrected chi connectivity index (χ1v) is 6.91. The number of ether oxygens (including phenoxy) is 1. The molecule has 1 aliphatic rings. The van der Waals surface area contributed by atoms with E-state index in [0.29, 0.717) is 38.8 Å². The number of carbonyl (C=O) groups is 1. The fourth-order valence-electron chi connectivity index (χ4n) is 1.96. The third-order valence-electron chi connectivity index (χ3n) is 3.73. The Morgan fingerprint density at radius 2 is 2.00 bits per heavy atom. The summed E-state index contributed by atoms with van der Waals surface area (Å²) in [6.45, 7) is 9.54. The highest BCUT2D eigenvalue weighted by Gasteiger charge is 2.22. The summed E-state index contributed by atoms with van der Waals surface area (Å²) in [5, 5.41) is 3.24. The van der Waals surface area contributed by atoms with Gasteiger partial charge in [0.2, 0.25) is 5.91 Å². The van der Waals surface area contributed by atoms with Gasteiger partial charge in [-0.1, -0.05) is 20.3 Å². The maximum atomic E-state index is 12.1. The minimum Gasteiger partial charge on any atom is -0.378 e. The van der Waals surface area contributed by atoms with Crippen molar-refractivity contribution in [3.63, 3.8) is 0 Å². The van der Waals surface area contributed by atoms with Crippen LogP contribution < -0.4 is 11.1 Å². The largest absolute Gasteiger partial charge is 0.378 e. The van der Waals surface area contributed by atoms with Crippen LogP contribution in [0.3, 0.4) is 0 Å². The fraction of sp³-hybridized carbons (Fsp3) is 0.923. The van der Waals surface area contributed by atoms with E-state index < -0.39 is 0 Å². The topological polar surface area (TPSA) is 67.6 Å². The van der Waals surface area contributed by atoms with Crippen molar-refractivity contribution >= 4 is 5.91 Å². The van der Waals surface area contributed by atoms with Gasteiger partial charge in [-0.15, -0.1) is 0 Å². The van der Waals surface area contributed by atoms with Crippen LogP contribution in [0.2, 0.25) is 0 Å². The van der Waals surface area contributed by atoms with Crippen LogP contribution >= 0.6 is 0 Å². The van der Waals surface area contributed by atoms with E-state index >= 15 is 0 Å². The molecule has 0 aromatic carbocycles. The smallest absolute Gasteiger partial charge is 0.239 e. The Bertz CT molecular complexity index is 255. The lowest BCUT2D eigenvalue weighted by Gasteiger charge is -2.30. The molecule has 0 bridgehead atoms. The molecule has 106 valence electrons. The molecular formula is C13H27N3O2. The highest BCUT2D eigenvalue weighted by Crippen LogP contribution is 2.05. The van der Waals surface area contributed by atoms with E-state index in [1.165, 1.54) is 0 Å². The Kier molecular flexibility index (Phi) is 6.60. The predicted molar refractivity (Wildman–Crippen MR) is 72.3 cm³/mol. The van der Waals surface area contributed by atoms with Crippen molar-refractivity contribution in [1.82, 2.24) is 10.2 Å². The highest BCUT2D eigenvalue weighted by atomic mass is 16.5. The van der Waals surface area contributed by atoms with E-state index in [0.717, 1.165) is 6.42 Å². The van der Waals surface area contributed by atoms with Crippen LogP contribution in [0.1, 0.15) is 27.2 Å². The first-order chi connectivity index (χ1) is 8.56. The molecule has 1 fully saturated rings. The average Bonchev–Trinajstić information content (AvgIpc) is 2.43. The summed E-state index contributed by atoms with van der Waals surface area (Å²) >= 11 is 0. The molecular weight excluding hydrogens is 230 g/mol. The summed E-state index contributed by atoms with van der Waals surface area (Å²) in [6.07, 6.45) is 1.06. The summed E-state index contributed by atoms with van der Waals surface area (Å²) in [4.78, 5) is 14.0. The van der Waals surface area contributed by atoms with Crippen molar-refractivity contribution in [3.8, 4) is 0 Å². The van der Waals surface area contributed by atoms with Crippen molar-refractivity contribution in [3.05, 3.63) is 0 Å². The van der Waals surface area contributed by atoms with Gasteiger partial charge in [0.1, 0.15) is 0 Å². The summed E-state index contributed by atoms with van der Waals surface area (Å²) < 4.78 is 5.24. The summed E-state index contributed by atoms with van der Waals surface area (Å²) in [5.74, 6) is 0.623. The number of morpholine rings is 1. The van der Waals surface area contributed by atoms with Crippen molar-refractivity contribution in [1.29, 1.82) is 0 Å². The fourth-order valence-corrected chi connectivity index (χ4v) is 1.96. The molecule has 1 aliphatic heterocycles. The van der Waals surface area contributed by atoms with E-state index in [9.17, 15) is 4.79 Å². The molecule has 0 spiro atoms. The Hall–Kier alpha value is -0.650. The maximum Gasteiger partial charge on any atom is 0.239 e. The normalized spacial score (nSPS) is 21.4. The maximum absolute atomic E-state index is 12.1. The second-order valence-electron chi connectivity index (χ2n) is 5.12. The Labute approximate surface area is 110 Å². The van der Waals surface area contributed by atoms with Gasteiger partial charge in [0.25, 0.3) is 0 Å². The molecule has 3 unspecified atom stereocenters. The molecule has 0 aromatic rings. The van der Waals surface area contributed by atoms with Gasteiger partial charge in [-0.05, 0) is 12.8 Å². The molecule has 5 nitrogen and oxygen atoms in total. The van der Waals surface area contributed by atoms with Gasteiger partial charge in [-0.25, -0.2) is 0 Å². The lowest BCUT2D eigenvalue weighted by Crippen LogP contribution is -2.51. The van der Waals surface area contributed by atoms with E-state index in [2.05, 4.69) is 19.2 Å². The van der Waals surface area contributed by atoms with Crippen molar-refractivity contribution in [2.24, 2.45) is 11.7 Å². The summed E-state index contributed by atoms with van der Waals surface area (Å²) in [6, 6.07) is -0.0619. The summed E-state index contributed by atoms with van der Waals surface area (Å²) in [7, 11) is 0. The van der Waals surface area contributed by atoms with E-state index in [4.69, 9.17) is 10.5 Å². The minimum absolute atomic E-state index is 0.106. The average molecular weight is 257 g/mol. The number of hydrogen-bond donors (Lipinski definition) is 2. The van der Waals surface area contributed by atoms with Crippen molar-refractivity contribution < 1.29 is 9.53 Å². The molecule has 0 aromatic heterocycles. The quantitative estimate of drug-likeness (QED) is 0.713. The molecule has 1 saturated heterocycles. The molecule has 3 N–H and O–H groups in total. The third-order valence-corrected chi connectivity index (χ3v) is 3.73. The zero-order valence-corrected chi connectivity index (χ0v) is 11.8. The summed E-state index contributed by atoms with van der Waals surface area (Å²) in [5.41, 5.74) is 6.05. The second kappa shape index (κ2) is 7.71. The molecule has 18 heavy (non-hydrogen) atoms. The molecule has 0 aliphatic carbocycles. The molecule has 5 heteroatoms. The predicted octanol–water partition coefficient (Wildman–Crippen LogP) is 0.197. The first kappa shape index (κ1) is 15.4. The van der Waals surface area contributed by atoms with Gasteiger partial charge in [-0.3, -0.25) is 4.79 Å². The van der Waals surface area contributed by atoms with Gasteiger partial charge >= 0.3 is 0 Å². The van der Waals surface area contributed by atoms with Crippen LogP contribution in [0.25, 0.3) is 0 Å². The number of nitrogens with two attached hydrogens (primary N) is 1. The van der Waals surface area contributed by atoms with E-state index in [-0.39, 0.29) is 18.0 Å². The van der Waals surface area contributed by atoms with Gasteiger partial charge in [-0.2, -0.15) is 0 Å². The Morgan fingerprint density at radius 1 is 1.39 bits per heavy atom. The lowest BCUT2D eigenvalue weighted by molar-refractivity contribution is -0.137. The third kappa shape index (κ3) is 4.55. The lowest BCUT2D eigenvalue weighted by atomic mass is 10.00. The van der Waals surface area contributed by atoms with Gasteiger partial charge in [0.05, 0.1) is 19.3 Å². The van der Waals surface area contributed by atoms with Gasteiger partial charge in [0, 0.05) is 25.7 Å². The van der Waals surface area contributed by atoms with Crippen LogP contribution in [0, 0.1) is 5.92 Å². The molecule has 0 saturated carbocycles. The van der Waals surface area contributed by atoms with Gasteiger partial charge < -0.3 is 20.7 Å². The first-order valence-electron chi connectivity index (χ1n) is 6.91. The van der Waals surface area contributed by atoms with E-state index in [1.54, 1.807) is 0 Å². The van der Waals surface area contributed by atoms with Crippen molar-refractivity contribution in [2.45, 2.75) is 39.3 Å². The number of nitrogens with one attached hydrogen (secondary N) is 1. The van der Waals surface area contributed by atoms with Crippen LogP contribution in [0.15, 0.2) is 0 Å². The highest BCUT2D eigenvalue weighted by molar-refractivity contribution is 5.81. The number of nitrogens with zero attached hydrogens (tertiary/aromatic N) is 1. The number of amides is 1. The standard InChI is InChI=1S/C13H27N3O2/c1-4-10(2)12(14)9-15-11(3)13(17)16-5-7-18-8-6-16/h10-12,15H,4-9,14H2,1-3H3. The molecule has 3 atom stereocenters. The number of rotatable bonds is 6. The van der Waals surface area contributed by atoms with Crippen LogP contribution in [0.5, 0.6) is 0 Å². The second-order valence-corrected chi connectivity index (χ2v) is 5.12. The SMILES string of the molecule is CCC(C)C(N)CNC(C)C(=O)N1CCOCC1. The van der Waals surface area contributed by atoms with E-state index in [1.807, 2.05) is 11.8 Å². The van der Waals surface area contributed by atoms with Gasteiger partial charge in [0.15, 0.2) is 0 Å². The van der Waals surface area contributed by atoms with Crippen LogP contribution in [-0.4, -0.2) is 55.7 Å². The number of carbonyl (C=O) groups excluding carboxylic acids is 1. The van der Waals surface area contributed by atoms with Crippen molar-refractivity contribution in [2.75, 3.05) is 32.8 Å². The molecule has 1 amide bonds. The zero-order valence-electron chi connectivity index (χ0n) is 11.8. The zero-order chi connectivity index (χ0) is 13.5. The minimum atomic E-state index is -0.168. The Balaban J connectivity index is 2.30. The molecule has 0 radical (unpaired) electrons. The molecule has 1 heterocycles.